The Morgan fingerprint density at radius 2 is 2.15 bits per heavy atom. The zero-order valence-corrected chi connectivity index (χ0v) is 15.1. The lowest BCUT2D eigenvalue weighted by Gasteiger charge is -2.51. The molecule has 26 heavy (non-hydrogen) atoms. The van der Waals surface area contributed by atoms with E-state index in [1.54, 1.807) is 18.0 Å². The molecule has 1 spiro atoms. The second-order valence-electron chi connectivity index (χ2n) is 7.51. The molecule has 0 saturated carbocycles. The van der Waals surface area contributed by atoms with Crippen LogP contribution in [0.15, 0.2) is 17.1 Å². The van der Waals surface area contributed by atoms with Crippen LogP contribution in [0.25, 0.3) is 0 Å². The highest BCUT2D eigenvalue weighted by atomic mass is 16.5. The fraction of sp³-hybridized carbons (Fsp3) is 0.706. The summed E-state index contributed by atoms with van der Waals surface area (Å²) in [7, 11) is 0. The van der Waals surface area contributed by atoms with E-state index in [1.165, 1.54) is 10.6 Å². The number of piperidine rings is 1. The van der Waals surface area contributed by atoms with Crippen LogP contribution in [0.3, 0.4) is 0 Å². The lowest BCUT2D eigenvalue weighted by molar-refractivity contribution is -0.198. The summed E-state index contributed by atoms with van der Waals surface area (Å²) in [6.45, 7) is 3.44. The predicted octanol–water partition coefficient (Wildman–Crippen LogP) is -0.752. The van der Waals surface area contributed by atoms with Crippen molar-refractivity contribution < 1.29 is 14.6 Å². The molecule has 9 nitrogen and oxygen atoms in total. The molecular weight excluding hydrogens is 338 g/mol. The number of aromatic nitrogens is 2. The molecule has 2 atom stereocenters. The van der Waals surface area contributed by atoms with E-state index in [0.29, 0.717) is 45.3 Å². The van der Waals surface area contributed by atoms with Crippen LogP contribution in [-0.2, 0) is 9.53 Å². The van der Waals surface area contributed by atoms with Crippen molar-refractivity contribution in [1.82, 2.24) is 14.5 Å². The van der Waals surface area contributed by atoms with Gasteiger partial charge in [-0.15, -0.1) is 0 Å². The van der Waals surface area contributed by atoms with E-state index in [1.807, 2.05) is 0 Å². The molecule has 1 amide bonds. The van der Waals surface area contributed by atoms with Crippen molar-refractivity contribution >= 4 is 11.7 Å². The van der Waals surface area contributed by atoms with Crippen LogP contribution in [0.2, 0.25) is 0 Å². The van der Waals surface area contributed by atoms with Crippen LogP contribution in [0.4, 0.5) is 5.82 Å². The Balaban J connectivity index is 1.71. The molecule has 1 aromatic heterocycles. The Hall–Kier alpha value is -1.97. The molecule has 2 saturated heterocycles. The first-order valence-electron chi connectivity index (χ1n) is 8.95. The lowest BCUT2D eigenvalue weighted by atomic mass is 9.75. The van der Waals surface area contributed by atoms with Crippen LogP contribution in [0, 0.1) is 0 Å². The molecule has 3 rings (SSSR count). The van der Waals surface area contributed by atoms with E-state index in [4.69, 9.17) is 16.2 Å². The van der Waals surface area contributed by atoms with E-state index in [0.717, 1.165) is 0 Å². The molecule has 9 heteroatoms. The number of ether oxygens (including phenoxy) is 1. The summed E-state index contributed by atoms with van der Waals surface area (Å²) in [4.78, 5) is 29.7. The van der Waals surface area contributed by atoms with Crippen molar-refractivity contribution in [2.24, 2.45) is 5.73 Å². The van der Waals surface area contributed by atoms with Crippen molar-refractivity contribution in [2.75, 3.05) is 32.0 Å². The molecular formula is C17H27N5O4. The number of nitrogens with two attached hydrogens (primary N) is 2. The summed E-state index contributed by atoms with van der Waals surface area (Å²) >= 11 is 0. The Labute approximate surface area is 151 Å². The van der Waals surface area contributed by atoms with Crippen LogP contribution in [-0.4, -0.2) is 62.9 Å². The van der Waals surface area contributed by atoms with E-state index in [9.17, 15) is 14.7 Å². The van der Waals surface area contributed by atoms with E-state index < -0.39 is 22.9 Å². The molecule has 0 aliphatic carbocycles. The number of nitrogen functional groups attached to an aromatic ring is 1. The van der Waals surface area contributed by atoms with Gasteiger partial charge >= 0.3 is 5.69 Å². The number of carbonyl (C=O) groups excluding carboxylic acids is 1. The number of amides is 1. The Bertz CT molecular complexity index is 724. The maximum Gasteiger partial charge on any atom is 0.349 e. The van der Waals surface area contributed by atoms with Gasteiger partial charge in [-0.1, -0.05) is 0 Å². The fourth-order valence-electron chi connectivity index (χ4n) is 4.07. The number of hydrogen-bond acceptors (Lipinski definition) is 7. The number of aliphatic hydroxyl groups is 1. The highest BCUT2D eigenvalue weighted by Gasteiger charge is 2.50. The second-order valence-corrected chi connectivity index (χ2v) is 7.51. The van der Waals surface area contributed by atoms with Gasteiger partial charge in [0.05, 0.1) is 23.9 Å². The summed E-state index contributed by atoms with van der Waals surface area (Å²) in [6.07, 6.45) is 3.59. The van der Waals surface area contributed by atoms with Crippen LogP contribution in [0.1, 0.15) is 38.6 Å². The number of carbonyl (C=O) groups is 1. The molecule has 0 unspecified atom stereocenters. The summed E-state index contributed by atoms with van der Waals surface area (Å²) < 4.78 is 7.52. The third-order valence-electron chi connectivity index (χ3n) is 5.52. The zero-order valence-electron chi connectivity index (χ0n) is 15.1. The smallest absolute Gasteiger partial charge is 0.349 e. The average molecular weight is 365 g/mol. The number of anilines is 1. The quantitative estimate of drug-likeness (QED) is 0.641. The molecule has 2 aliphatic rings. The highest BCUT2D eigenvalue weighted by molar-refractivity contribution is 5.76. The monoisotopic (exact) mass is 365 g/mol. The molecule has 2 fully saturated rings. The Kier molecular flexibility index (Phi) is 5.05. The van der Waals surface area contributed by atoms with Crippen molar-refractivity contribution in [3.63, 3.8) is 0 Å². The first-order chi connectivity index (χ1) is 12.3. The van der Waals surface area contributed by atoms with Crippen LogP contribution >= 0.6 is 0 Å². The third-order valence-corrected chi connectivity index (χ3v) is 5.52. The van der Waals surface area contributed by atoms with Gasteiger partial charge in [-0.05, 0) is 25.8 Å². The SMILES string of the molecule is C[C@]1(O)CC2(CCN(C(=O)CCN)CC2)OC[C@@H]1n1ccc(N)nc1=O. The lowest BCUT2D eigenvalue weighted by Crippen LogP contribution is -2.59. The van der Waals surface area contributed by atoms with Crippen molar-refractivity contribution in [3.8, 4) is 0 Å². The van der Waals surface area contributed by atoms with Crippen molar-refractivity contribution in [3.05, 3.63) is 22.7 Å². The fourth-order valence-corrected chi connectivity index (χ4v) is 4.07. The zero-order chi connectivity index (χ0) is 18.9. The van der Waals surface area contributed by atoms with Gasteiger partial charge in [-0.2, -0.15) is 4.98 Å². The standard InChI is InChI=1S/C17H27N5O4/c1-16(25)11-17(4-8-21(9-5-17)14(23)2-6-18)26-10-12(16)22-7-3-13(19)20-15(22)24/h3,7,12,25H,2,4-6,8-11,18H2,1H3,(H2,19,20,24)/t12-,16-/m0/s1. The summed E-state index contributed by atoms with van der Waals surface area (Å²) in [5.74, 6) is 0.205. The van der Waals surface area contributed by atoms with Gasteiger partial charge in [0.1, 0.15) is 5.82 Å². The summed E-state index contributed by atoms with van der Waals surface area (Å²) in [6, 6.07) is 0.995. The number of nitrogens with zero attached hydrogens (tertiary/aromatic N) is 3. The van der Waals surface area contributed by atoms with Crippen LogP contribution in [0.5, 0.6) is 0 Å². The minimum absolute atomic E-state index is 0.0577. The normalized spacial score (nSPS) is 28.3. The van der Waals surface area contributed by atoms with E-state index >= 15 is 0 Å². The Morgan fingerprint density at radius 3 is 2.73 bits per heavy atom. The number of likely N-dealkylation sites (tertiary alicyclic amines) is 1. The minimum Gasteiger partial charge on any atom is -0.388 e. The average Bonchev–Trinajstić information content (AvgIpc) is 2.56. The number of hydrogen-bond donors (Lipinski definition) is 3. The molecule has 3 heterocycles. The molecule has 1 aromatic rings. The van der Waals surface area contributed by atoms with E-state index in [-0.39, 0.29) is 18.3 Å². The maximum absolute atomic E-state index is 12.1. The minimum atomic E-state index is -1.14. The molecule has 5 N–H and O–H groups in total. The highest BCUT2D eigenvalue weighted by Crippen LogP contribution is 2.43. The maximum atomic E-state index is 12.1. The van der Waals surface area contributed by atoms with Crippen molar-refractivity contribution in [2.45, 2.75) is 49.9 Å². The molecule has 0 aromatic carbocycles. The molecule has 2 aliphatic heterocycles. The van der Waals surface area contributed by atoms with Crippen molar-refractivity contribution in [1.29, 1.82) is 0 Å². The Morgan fingerprint density at radius 1 is 1.46 bits per heavy atom. The molecule has 0 radical (unpaired) electrons. The largest absolute Gasteiger partial charge is 0.388 e. The van der Waals surface area contributed by atoms with Crippen LogP contribution < -0.4 is 17.2 Å². The molecule has 144 valence electrons. The van der Waals surface area contributed by atoms with Gasteiger partial charge in [0.2, 0.25) is 5.91 Å². The predicted molar refractivity (Wildman–Crippen MR) is 95.4 cm³/mol. The first-order valence-corrected chi connectivity index (χ1v) is 8.95. The van der Waals surface area contributed by atoms with E-state index in [2.05, 4.69) is 4.98 Å². The third kappa shape index (κ3) is 3.60. The summed E-state index contributed by atoms with van der Waals surface area (Å²) in [5, 5.41) is 11.1. The van der Waals surface area contributed by atoms with Gasteiger partial charge in [0.25, 0.3) is 0 Å². The van der Waals surface area contributed by atoms with Gasteiger partial charge < -0.3 is 26.2 Å². The summed E-state index contributed by atoms with van der Waals surface area (Å²) in [5.41, 5.74) is 8.87. The van der Waals surface area contributed by atoms with Gasteiger partial charge in [-0.25, -0.2) is 4.79 Å². The van der Waals surface area contributed by atoms with Gasteiger partial charge in [-0.3, -0.25) is 9.36 Å². The second kappa shape index (κ2) is 6.98. The topological polar surface area (TPSA) is 137 Å². The number of rotatable bonds is 3. The first kappa shape index (κ1) is 18.8. The van der Waals surface area contributed by atoms with Gasteiger partial charge in [0.15, 0.2) is 0 Å². The van der Waals surface area contributed by atoms with Gasteiger partial charge in [0, 0.05) is 38.7 Å². The molecule has 0 bridgehead atoms.